The Labute approximate surface area is 140 Å². The Morgan fingerprint density at radius 2 is 1.43 bits per heavy atom. The normalized spacial score (nSPS) is 10.0. The summed E-state index contributed by atoms with van der Waals surface area (Å²) in [6, 6.07) is 9.45. The summed E-state index contributed by atoms with van der Waals surface area (Å²) in [5.74, 6) is -1.33. The maximum absolute atomic E-state index is 12.0. The molecule has 118 valence electrons. The molecule has 0 saturated carbocycles. The number of nitrogens with one attached hydrogen (secondary N) is 2. The smallest absolute Gasteiger partial charge is 0.267 e. The van der Waals surface area contributed by atoms with E-state index in [-0.39, 0.29) is 26.9 Å². The van der Waals surface area contributed by atoms with Crippen LogP contribution in [0.2, 0.25) is 10.0 Å². The lowest BCUT2D eigenvalue weighted by molar-refractivity contribution is -0.384. The second-order valence-corrected chi connectivity index (χ2v) is 5.12. The van der Waals surface area contributed by atoms with Crippen molar-refractivity contribution in [1.29, 1.82) is 0 Å². The van der Waals surface area contributed by atoms with Gasteiger partial charge in [-0.1, -0.05) is 29.3 Å². The van der Waals surface area contributed by atoms with Gasteiger partial charge >= 0.3 is 0 Å². The summed E-state index contributed by atoms with van der Waals surface area (Å²) in [5, 5.41) is 10.8. The van der Waals surface area contributed by atoms with E-state index in [9.17, 15) is 19.7 Å². The molecule has 0 aliphatic heterocycles. The summed E-state index contributed by atoms with van der Waals surface area (Å²) in [6.45, 7) is 0. The van der Waals surface area contributed by atoms with E-state index >= 15 is 0 Å². The third-order valence-corrected chi connectivity index (χ3v) is 3.45. The van der Waals surface area contributed by atoms with Crippen LogP contribution in [0.15, 0.2) is 42.5 Å². The highest BCUT2D eigenvalue weighted by Gasteiger charge is 2.16. The van der Waals surface area contributed by atoms with E-state index in [0.717, 1.165) is 0 Å². The van der Waals surface area contributed by atoms with E-state index in [1.54, 1.807) is 6.07 Å². The van der Waals surface area contributed by atoms with Crippen LogP contribution in [-0.4, -0.2) is 16.7 Å². The molecule has 0 heterocycles. The summed E-state index contributed by atoms with van der Waals surface area (Å²) in [5.41, 5.74) is 4.37. The fourth-order valence-corrected chi connectivity index (χ4v) is 2.27. The number of hydrogen-bond donors (Lipinski definition) is 2. The maximum Gasteiger partial charge on any atom is 0.272 e. The first-order valence-electron chi connectivity index (χ1n) is 6.19. The van der Waals surface area contributed by atoms with Gasteiger partial charge < -0.3 is 0 Å². The monoisotopic (exact) mass is 353 g/mol. The van der Waals surface area contributed by atoms with Crippen molar-refractivity contribution >= 4 is 40.7 Å². The molecule has 2 aromatic carbocycles. The van der Waals surface area contributed by atoms with Crippen molar-refractivity contribution < 1.29 is 14.5 Å². The van der Waals surface area contributed by atoms with E-state index in [2.05, 4.69) is 10.9 Å². The fourth-order valence-electron chi connectivity index (χ4n) is 1.70. The van der Waals surface area contributed by atoms with Gasteiger partial charge in [0.25, 0.3) is 17.5 Å². The lowest BCUT2D eigenvalue weighted by Gasteiger charge is -2.09. The zero-order valence-corrected chi connectivity index (χ0v) is 12.9. The molecule has 0 aliphatic rings. The van der Waals surface area contributed by atoms with Crippen molar-refractivity contribution in [3.05, 3.63) is 73.8 Å². The van der Waals surface area contributed by atoms with Crippen molar-refractivity contribution in [3.8, 4) is 0 Å². The highest BCUT2D eigenvalue weighted by molar-refractivity contribution is 6.39. The van der Waals surface area contributed by atoms with Crippen molar-refractivity contribution in [2.45, 2.75) is 0 Å². The summed E-state index contributed by atoms with van der Waals surface area (Å²) < 4.78 is 0. The largest absolute Gasteiger partial charge is 0.272 e. The first kappa shape index (κ1) is 16.7. The van der Waals surface area contributed by atoms with Crippen LogP contribution in [0, 0.1) is 10.1 Å². The molecule has 0 aromatic heterocycles. The Kier molecular flexibility index (Phi) is 5.15. The summed E-state index contributed by atoms with van der Waals surface area (Å²) in [4.78, 5) is 33.8. The van der Waals surface area contributed by atoms with Crippen LogP contribution in [0.5, 0.6) is 0 Å². The Hall–Kier alpha value is -2.64. The van der Waals surface area contributed by atoms with E-state index in [1.807, 2.05) is 0 Å². The van der Waals surface area contributed by atoms with Crippen molar-refractivity contribution in [2.24, 2.45) is 0 Å². The third-order valence-electron chi connectivity index (χ3n) is 2.82. The fraction of sp³-hybridized carbons (Fsp3) is 0. The maximum atomic E-state index is 12.0. The second-order valence-electron chi connectivity index (χ2n) is 4.31. The molecule has 0 atom stereocenters. The third kappa shape index (κ3) is 3.97. The molecule has 0 unspecified atom stereocenters. The average molecular weight is 354 g/mol. The van der Waals surface area contributed by atoms with Gasteiger partial charge in [-0.25, -0.2) is 0 Å². The summed E-state index contributed by atoms with van der Waals surface area (Å²) >= 11 is 11.8. The molecule has 0 spiro atoms. The number of nitro benzene ring substituents is 1. The Balaban J connectivity index is 2.04. The molecule has 2 rings (SSSR count). The molecule has 2 aromatic rings. The first-order chi connectivity index (χ1) is 10.9. The summed E-state index contributed by atoms with van der Waals surface area (Å²) in [6.07, 6.45) is 0. The Morgan fingerprint density at radius 3 is 1.96 bits per heavy atom. The molecule has 0 fully saturated rings. The van der Waals surface area contributed by atoms with E-state index < -0.39 is 16.7 Å². The second kappa shape index (κ2) is 7.08. The van der Waals surface area contributed by atoms with Crippen molar-refractivity contribution in [1.82, 2.24) is 10.9 Å². The number of benzene rings is 2. The number of amides is 2. The topological polar surface area (TPSA) is 101 Å². The van der Waals surface area contributed by atoms with Crippen LogP contribution in [0.25, 0.3) is 0 Å². The van der Waals surface area contributed by atoms with Gasteiger partial charge in [0.05, 0.1) is 20.5 Å². The molecule has 23 heavy (non-hydrogen) atoms. The molecule has 0 radical (unpaired) electrons. The van der Waals surface area contributed by atoms with Gasteiger partial charge in [0.15, 0.2) is 0 Å². The molecule has 2 N–H and O–H groups in total. The van der Waals surface area contributed by atoms with Gasteiger partial charge in [0, 0.05) is 17.7 Å². The molecule has 9 heteroatoms. The molecular weight excluding hydrogens is 345 g/mol. The molecule has 2 amide bonds. The van der Waals surface area contributed by atoms with Crippen LogP contribution < -0.4 is 10.9 Å². The lowest BCUT2D eigenvalue weighted by Crippen LogP contribution is -2.41. The lowest BCUT2D eigenvalue weighted by atomic mass is 10.2. The predicted molar refractivity (Wildman–Crippen MR) is 84.5 cm³/mol. The predicted octanol–water partition coefficient (Wildman–Crippen LogP) is 2.98. The highest BCUT2D eigenvalue weighted by atomic mass is 35.5. The average Bonchev–Trinajstić information content (AvgIpc) is 2.52. The summed E-state index contributed by atoms with van der Waals surface area (Å²) in [7, 11) is 0. The van der Waals surface area contributed by atoms with Crippen LogP contribution in [0.3, 0.4) is 0 Å². The minimum Gasteiger partial charge on any atom is -0.267 e. The van der Waals surface area contributed by atoms with Crippen LogP contribution in [0.1, 0.15) is 20.7 Å². The van der Waals surface area contributed by atoms with Gasteiger partial charge in [0.2, 0.25) is 0 Å². The number of carbonyl (C=O) groups excluding carboxylic acids is 2. The van der Waals surface area contributed by atoms with Gasteiger partial charge in [0.1, 0.15) is 0 Å². The van der Waals surface area contributed by atoms with Crippen LogP contribution in [0.4, 0.5) is 5.69 Å². The number of halogens is 2. The van der Waals surface area contributed by atoms with Gasteiger partial charge in [-0.3, -0.25) is 30.6 Å². The molecule has 7 nitrogen and oxygen atoms in total. The van der Waals surface area contributed by atoms with E-state index in [4.69, 9.17) is 23.2 Å². The number of carbonyl (C=O) groups is 2. The van der Waals surface area contributed by atoms with E-state index in [0.29, 0.717) is 0 Å². The molecule has 0 bridgehead atoms. The number of nitrogens with zero attached hydrogens (tertiary/aromatic N) is 1. The van der Waals surface area contributed by atoms with Crippen molar-refractivity contribution in [2.75, 3.05) is 0 Å². The number of nitro groups is 1. The quantitative estimate of drug-likeness (QED) is 0.654. The number of rotatable bonds is 3. The standard InChI is InChI=1S/C14H9Cl2N3O4/c15-10-2-1-3-11(16)12(10)14(21)18-17-13(20)8-4-6-9(7-5-8)19(22)23/h1-7H,(H,17,20)(H,18,21). The number of hydrogen-bond acceptors (Lipinski definition) is 4. The minimum atomic E-state index is -0.684. The van der Waals surface area contributed by atoms with Crippen molar-refractivity contribution in [3.63, 3.8) is 0 Å². The Bertz CT molecular complexity index is 758. The van der Waals surface area contributed by atoms with Gasteiger partial charge in [-0.05, 0) is 24.3 Å². The van der Waals surface area contributed by atoms with Gasteiger partial charge in [-0.2, -0.15) is 0 Å². The molecular formula is C14H9Cl2N3O4. The number of non-ortho nitro benzene ring substituents is 1. The minimum absolute atomic E-state index is 0.0276. The zero-order chi connectivity index (χ0) is 17.0. The molecule has 0 saturated heterocycles. The van der Waals surface area contributed by atoms with E-state index in [1.165, 1.54) is 36.4 Å². The van der Waals surface area contributed by atoms with Crippen LogP contribution >= 0.6 is 23.2 Å². The SMILES string of the molecule is O=C(NNC(=O)c1c(Cl)cccc1Cl)c1ccc([N+](=O)[O-])cc1. The van der Waals surface area contributed by atoms with Crippen LogP contribution in [-0.2, 0) is 0 Å². The number of hydrazine groups is 1. The Morgan fingerprint density at radius 1 is 0.913 bits per heavy atom. The zero-order valence-electron chi connectivity index (χ0n) is 11.4. The molecule has 0 aliphatic carbocycles. The first-order valence-corrected chi connectivity index (χ1v) is 6.95. The highest BCUT2D eigenvalue weighted by Crippen LogP contribution is 2.23. The van der Waals surface area contributed by atoms with Gasteiger partial charge in [-0.15, -0.1) is 0 Å².